The van der Waals surface area contributed by atoms with E-state index in [9.17, 15) is 10.1 Å². The van der Waals surface area contributed by atoms with Gasteiger partial charge in [-0.3, -0.25) is 10.1 Å². The summed E-state index contributed by atoms with van der Waals surface area (Å²) in [6, 6.07) is 1.82. The van der Waals surface area contributed by atoms with Gasteiger partial charge in [0.15, 0.2) is 0 Å². The molecule has 0 spiro atoms. The van der Waals surface area contributed by atoms with Crippen LogP contribution in [0.25, 0.3) is 0 Å². The Labute approximate surface area is 69.9 Å². The van der Waals surface area contributed by atoms with E-state index in [4.69, 9.17) is 16.9 Å². The molecule has 0 amide bonds. The summed E-state index contributed by atoms with van der Waals surface area (Å²) < 4.78 is 0. The SMILES string of the molecule is CCC(Cl)(CCC#N)[N+](=O)[O-]. The van der Waals surface area contributed by atoms with Crippen LogP contribution in [0.2, 0.25) is 0 Å². The molecular weight excluding hydrogens is 168 g/mol. The van der Waals surface area contributed by atoms with Crippen LogP contribution in [0, 0.1) is 21.4 Å². The molecule has 5 heteroatoms. The van der Waals surface area contributed by atoms with E-state index in [-0.39, 0.29) is 19.3 Å². The van der Waals surface area contributed by atoms with Gasteiger partial charge < -0.3 is 0 Å². The fraction of sp³-hybridized carbons (Fsp3) is 0.833. The summed E-state index contributed by atoms with van der Waals surface area (Å²) in [5.41, 5.74) is 0. The number of halogens is 1. The molecule has 62 valence electrons. The van der Waals surface area contributed by atoms with Gasteiger partial charge in [-0.1, -0.05) is 6.92 Å². The zero-order chi connectivity index (χ0) is 8.91. The summed E-state index contributed by atoms with van der Waals surface area (Å²) in [7, 11) is 0. The summed E-state index contributed by atoms with van der Waals surface area (Å²) >= 11 is 5.59. The standard InChI is InChI=1S/C6H9ClN2O2/c1-2-6(7,9(10)11)4-3-5-8/h2-4H2,1H3. The summed E-state index contributed by atoms with van der Waals surface area (Å²) in [6.45, 7) is 1.63. The lowest BCUT2D eigenvalue weighted by molar-refractivity contribution is -0.543. The lowest BCUT2D eigenvalue weighted by Crippen LogP contribution is -2.30. The van der Waals surface area contributed by atoms with Crippen LogP contribution >= 0.6 is 11.6 Å². The highest BCUT2D eigenvalue weighted by Crippen LogP contribution is 2.25. The third-order valence-electron chi connectivity index (χ3n) is 1.49. The third kappa shape index (κ3) is 2.72. The van der Waals surface area contributed by atoms with Crippen molar-refractivity contribution in [3.8, 4) is 6.07 Å². The van der Waals surface area contributed by atoms with Crippen molar-refractivity contribution in [1.29, 1.82) is 5.26 Å². The Balaban J connectivity index is 4.13. The minimum absolute atomic E-state index is 0.106. The van der Waals surface area contributed by atoms with Gasteiger partial charge in [0.2, 0.25) is 0 Å². The lowest BCUT2D eigenvalue weighted by Gasteiger charge is -2.13. The third-order valence-corrected chi connectivity index (χ3v) is 2.08. The first-order valence-corrected chi connectivity index (χ1v) is 3.65. The van der Waals surface area contributed by atoms with Crippen molar-refractivity contribution in [2.24, 2.45) is 0 Å². The predicted octanol–water partition coefficient (Wildman–Crippen LogP) is 1.91. The second kappa shape index (κ2) is 4.14. The largest absolute Gasteiger partial charge is 0.295 e. The molecule has 1 atom stereocenters. The molecule has 0 aromatic carbocycles. The summed E-state index contributed by atoms with van der Waals surface area (Å²) in [6.07, 6.45) is 0.468. The Morgan fingerprint density at radius 3 is 2.64 bits per heavy atom. The zero-order valence-corrected chi connectivity index (χ0v) is 6.97. The van der Waals surface area contributed by atoms with Gasteiger partial charge in [0.1, 0.15) is 0 Å². The van der Waals surface area contributed by atoms with Crippen molar-refractivity contribution < 1.29 is 4.92 Å². The molecule has 4 nitrogen and oxygen atoms in total. The fourth-order valence-electron chi connectivity index (χ4n) is 0.645. The molecule has 0 aromatic heterocycles. The van der Waals surface area contributed by atoms with Gasteiger partial charge in [0.25, 0.3) is 5.00 Å². The number of hydrogen-bond donors (Lipinski definition) is 0. The van der Waals surface area contributed by atoms with E-state index in [1.165, 1.54) is 0 Å². The van der Waals surface area contributed by atoms with Gasteiger partial charge in [0, 0.05) is 24.2 Å². The topological polar surface area (TPSA) is 66.9 Å². The molecule has 0 rings (SSSR count). The van der Waals surface area contributed by atoms with Crippen LogP contribution in [-0.2, 0) is 0 Å². The number of rotatable bonds is 4. The molecule has 0 N–H and O–H groups in total. The maximum Gasteiger partial charge on any atom is 0.295 e. The Bertz CT molecular complexity index is 190. The average molecular weight is 177 g/mol. The van der Waals surface area contributed by atoms with Crippen molar-refractivity contribution >= 4 is 11.6 Å². The van der Waals surface area contributed by atoms with Gasteiger partial charge in [-0.05, 0) is 11.6 Å². The molecule has 0 heterocycles. The highest BCUT2D eigenvalue weighted by Gasteiger charge is 2.37. The van der Waals surface area contributed by atoms with E-state index in [2.05, 4.69) is 0 Å². The Hall–Kier alpha value is -0.820. The lowest BCUT2D eigenvalue weighted by atomic mass is 10.1. The highest BCUT2D eigenvalue weighted by molar-refractivity contribution is 6.22. The van der Waals surface area contributed by atoms with Crippen molar-refractivity contribution in [2.45, 2.75) is 31.2 Å². The quantitative estimate of drug-likeness (QED) is 0.284. The number of hydrogen-bond acceptors (Lipinski definition) is 3. The van der Waals surface area contributed by atoms with Gasteiger partial charge in [-0.25, -0.2) is 0 Å². The Morgan fingerprint density at radius 2 is 2.36 bits per heavy atom. The fourth-order valence-corrected chi connectivity index (χ4v) is 0.739. The normalized spacial score (nSPS) is 15.0. The Kier molecular flexibility index (Phi) is 3.83. The molecule has 0 radical (unpaired) electrons. The molecule has 0 aliphatic rings. The van der Waals surface area contributed by atoms with Crippen LogP contribution in [0.15, 0.2) is 0 Å². The van der Waals surface area contributed by atoms with E-state index in [0.29, 0.717) is 0 Å². The van der Waals surface area contributed by atoms with Crippen LogP contribution in [0.3, 0.4) is 0 Å². The van der Waals surface area contributed by atoms with E-state index in [1.54, 1.807) is 6.92 Å². The first kappa shape index (κ1) is 10.2. The second-order valence-corrected chi connectivity index (χ2v) is 2.89. The molecule has 11 heavy (non-hydrogen) atoms. The summed E-state index contributed by atoms with van der Waals surface area (Å²) in [5, 5.41) is 18.5. The highest BCUT2D eigenvalue weighted by atomic mass is 35.5. The van der Waals surface area contributed by atoms with Crippen LogP contribution in [-0.4, -0.2) is 9.92 Å². The van der Waals surface area contributed by atoms with Crippen LogP contribution in [0.5, 0.6) is 0 Å². The zero-order valence-electron chi connectivity index (χ0n) is 6.21. The maximum absolute atomic E-state index is 10.3. The number of nitriles is 1. The van der Waals surface area contributed by atoms with Crippen molar-refractivity contribution in [3.05, 3.63) is 10.1 Å². The van der Waals surface area contributed by atoms with Gasteiger partial charge in [-0.15, -0.1) is 0 Å². The van der Waals surface area contributed by atoms with Crippen LogP contribution in [0.4, 0.5) is 0 Å². The molecule has 0 saturated carbocycles. The first-order valence-electron chi connectivity index (χ1n) is 3.27. The van der Waals surface area contributed by atoms with Crippen molar-refractivity contribution in [1.82, 2.24) is 0 Å². The second-order valence-electron chi connectivity index (χ2n) is 2.19. The molecule has 1 unspecified atom stereocenters. The molecular formula is C6H9ClN2O2. The Morgan fingerprint density at radius 1 is 1.82 bits per heavy atom. The minimum Gasteiger partial charge on any atom is -0.263 e. The molecule has 0 aromatic rings. The van der Waals surface area contributed by atoms with Gasteiger partial charge >= 0.3 is 0 Å². The smallest absolute Gasteiger partial charge is 0.263 e. The molecule has 0 aliphatic heterocycles. The summed E-state index contributed by atoms with van der Waals surface area (Å²) in [5.74, 6) is 0. The van der Waals surface area contributed by atoms with Crippen LogP contribution in [0.1, 0.15) is 26.2 Å². The predicted molar refractivity (Wildman–Crippen MR) is 40.7 cm³/mol. The molecule has 0 fully saturated rings. The van der Waals surface area contributed by atoms with E-state index >= 15 is 0 Å². The maximum atomic E-state index is 10.3. The van der Waals surface area contributed by atoms with Crippen LogP contribution < -0.4 is 0 Å². The number of nitrogens with zero attached hydrogens (tertiary/aromatic N) is 2. The van der Waals surface area contributed by atoms with Gasteiger partial charge in [-0.2, -0.15) is 5.26 Å². The first-order chi connectivity index (χ1) is 5.06. The van der Waals surface area contributed by atoms with E-state index in [0.717, 1.165) is 0 Å². The van der Waals surface area contributed by atoms with Gasteiger partial charge in [0.05, 0.1) is 6.07 Å². The monoisotopic (exact) mass is 176 g/mol. The molecule has 0 aliphatic carbocycles. The minimum atomic E-state index is -1.43. The number of nitro groups is 1. The van der Waals surface area contributed by atoms with E-state index < -0.39 is 9.92 Å². The molecule has 0 saturated heterocycles. The van der Waals surface area contributed by atoms with E-state index in [1.807, 2.05) is 6.07 Å². The number of alkyl halides is 1. The average Bonchev–Trinajstić information content (AvgIpc) is 2.00. The van der Waals surface area contributed by atoms with Crippen molar-refractivity contribution in [3.63, 3.8) is 0 Å². The van der Waals surface area contributed by atoms with Crippen molar-refractivity contribution in [2.75, 3.05) is 0 Å². The summed E-state index contributed by atoms with van der Waals surface area (Å²) in [4.78, 5) is 8.35. The molecule has 0 bridgehead atoms.